The van der Waals surface area contributed by atoms with E-state index in [-0.39, 0.29) is 80.4 Å². The van der Waals surface area contributed by atoms with Gasteiger partial charge in [-0.1, -0.05) is 46.6 Å². The molecule has 16 nitrogen and oxygen atoms in total. The van der Waals surface area contributed by atoms with E-state index in [1.165, 1.54) is 50.6 Å². The average molecular weight is 1650 g/mol. The van der Waals surface area contributed by atoms with Crippen LogP contribution in [0, 0.1) is 24.3 Å². The maximum absolute atomic E-state index is 4.33. The van der Waals surface area contributed by atoms with Crippen LogP contribution in [0.15, 0.2) is 192 Å². The molecule has 4 aliphatic rings. The Kier molecular flexibility index (Phi) is 23.0. The van der Waals surface area contributed by atoms with Crippen molar-refractivity contribution < 1.29 is 80.4 Å². The van der Waals surface area contributed by atoms with Gasteiger partial charge in [-0.25, -0.2) is 49.8 Å². The van der Waals surface area contributed by atoms with Crippen molar-refractivity contribution in [2.24, 2.45) is 20.0 Å². The summed E-state index contributed by atoms with van der Waals surface area (Å²) in [6.45, 7) is 0. The fourth-order valence-corrected chi connectivity index (χ4v) is 6.82. The van der Waals surface area contributed by atoms with Crippen LogP contribution >= 0.6 is 0 Å². The van der Waals surface area contributed by atoms with E-state index in [9.17, 15) is 0 Å². The van der Waals surface area contributed by atoms with Gasteiger partial charge in [0.25, 0.3) is 0 Å². The van der Waals surface area contributed by atoms with Crippen LogP contribution in [-0.2, 0) is 80.4 Å². The molecule has 364 valence electrons. The van der Waals surface area contributed by atoms with E-state index in [1.807, 2.05) is 122 Å². The SMILES string of the molecule is [Ir].[Ir].[Ir].[Ir].[c-]1c(C2=NC=CC2)cccc1-c1ncncn1.[c-]1cc(-c2ncncn2)ccc1C1=NC=CC1.[c-]1ccc(-c2ncncn2)cc1C1=NC=CC1.[c-]1cccc(-c2ncncn2)c1C1=NC=CC1. The molecule has 72 heavy (non-hydrogen) atoms. The van der Waals surface area contributed by atoms with E-state index in [1.54, 1.807) is 0 Å². The number of nitrogens with zero attached hydrogens (tertiary/aromatic N) is 16. The molecule has 0 saturated carbocycles. The van der Waals surface area contributed by atoms with E-state index in [0.717, 1.165) is 93.0 Å². The molecule has 0 spiro atoms. The van der Waals surface area contributed by atoms with Gasteiger partial charge in [-0.3, -0.25) is 15.0 Å². The summed E-state index contributed by atoms with van der Waals surface area (Å²) in [5, 5.41) is 0. The number of rotatable bonds is 8. The summed E-state index contributed by atoms with van der Waals surface area (Å²) >= 11 is 0. The minimum atomic E-state index is 0. The summed E-state index contributed by atoms with van der Waals surface area (Å²) in [5.74, 6) is 2.62. The molecular weight excluding hydrogens is 1620 g/mol. The summed E-state index contributed by atoms with van der Waals surface area (Å²) in [5.41, 5.74) is 11.8. The zero-order valence-corrected chi connectivity index (χ0v) is 47.1. The second-order valence-electron chi connectivity index (χ2n) is 14.4. The van der Waals surface area contributed by atoms with Crippen LogP contribution in [0.4, 0.5) is 0 Å². The predicted molar refractivity (Wildman–Crippen MR) is 258 cm³/mol. The van der Waals surface area contributed by atoms with Gasteiger partial charge in [0.15, 0.2) is 0 Å². The number of aliphatic imine (C=N–C) groups is 4. The van der Waals surface area contributed by atoms with Gasteiger partial charge in [-0.15, -0.1) is 119 Å². The van der Waals surface area contributed by atoms with Crippen LogP contribution in [0.5, 0.6) is 0 Å². The molecule has 4 aliphatic heterocycles. The minimum absolute atomic E-state index is 0. The van der Waals surface area contributed by atoms with Crippen molar-refractivity contribution in [2.45, 2.75) is 25.7 Å². The van der Waals surface area contributed by atoms with Crippen molar-refractivity contribution in [3.8, 4) is 45.6 Å². The third-order valence-corrected chi connectivity index (χ3v) is 10.0. The number of hydrogen-bond acceptors (Lipinski definition) is 16. The van der Waals surface area contributed by atoms with E-state index < -0.39 is 0 Å². The molecule has 8 heterocycles. The Morgan fingerprint density at radius 1 is 0.361 bits per heavy atom. The van der Waals surface area contributed by atoms with Gasteiger partial charge in [-0.2, -0.15) is 0 Å². The van der Waals surface area contributed by atoms with Gasteiger partial charge in [0.1, 0.15) is 68.1 Å². The van der Waals surface area contributed by atoms with Crippen LogP contribution in [0.1, 0.15) is 47.9 Å². The van der Waals surface area contributed by atoms with E-state index in [0.29, 0.717) is 23.3 Å². The van der Waals surface area contributed by atoms with Crippen LogP contribution in [-0.4, -0.2) is 82.7 Å². The Hall–Kier alpha value is -6.84. The molecule has 0 fully saturated rings. The smallest absolute Gasteiger partial charge is 0.144 e. The molecule has 4 aromatic heterocycles. The van der Waals surface area contributed by atoms with E-state index in [2.05, 4.69) is 104 Å². The zero-order valence-electron chi connectivity index (χ0n) is 37.5. The largest absolute Gasteiger partial charge is 0.309 e. The Balaban J connectivity index is 0.000000175. The molecular formula is C52H36Ir4N16-4. The minimum Gasteiger partial charge on any atom is -0.309 e. The molecule has 0 amide bonds. The second-order valence-corrected chi connectivity index (χ2v) is 14.4. The molecule has 0 atom stereocenters. The first-order valence-corrected chi connectivity index (χ1v) is 21.2. The first kappa shape index (κ1) is 56.1. The van der Waals surface area contributed by atoms with Crippen molar-refractivity contribution in [3.63, 3.8) is 0 Å². The van der Waals surface area contributed by atoms with Crippen LogP contribution in [0.3, 0.4) is 0 Å². The first-order valence-electron chi connectivity index (χ1n) is 21.2. The normalized spacial score (nSPS) is 13.0. The van der Waals surface area contributed by atoms with Crippen molar-refractivity contribution in [2.75, 3.05) is 0 Å². The van der Waals surface area contributed by atoms with Crippen molar-refractivity contribution in [1.82, 2.24) is 59.8 Å². The second kappa shape index (κ2) is 29.5. The fourth-order valence-electron chi connectivity index (χ4n) is 6.82. The Bertz CT molecular complexity index is 3120. The fraction of sp³-hybridized carbons (Fsp3) is 0.0769. The van der Waals surface area contributed by atoms with Crippen molar-refractivity contribution >= 4 is 22.8 Å². The summed E-state index contributed by atoms with van der Waals surface area (Å²) in [6, 6.07) is 36.2. The van der Waals surface area contributed by atoms with Gasteiger partial charge >= 0.3 is 0 Å². The summed E-state index contributed by atoms with van der Waals surface area (Å²) in [7, 11) is 0. The molecule has 0 bridgehead atoms. The van der Waals surface area contributed by atoms with E-state index >= 15 is 0 Å². The van der Waals surface area contributed by atoms with Crippen LogP contribution in [0.2, 0.25) is 0 Å². The number of benzene rings is 4. The van der Waals surface area contributed by atoms with Crippen LogP contribution < -0.4 is 0 Å². The molecule has 0 N–H and O–H groups in total. The van der Waals surface area contributed by atoms with Crippen LogP contribution in [0.25, 0.3) is 45.6 Å². The third-order valence-electron chi connectivity index (χ3n) is 10.0. The van der Waals surface area contributed by atoms with Gasteiger partial charge in [-0.05, 0) is 48.5 Å². The molecule has 0 aliphatic carbocycles. The molecule has 12 rings (SSSR count). The Labute approximate surface area is 469 Å². The van der Waals surface area contributed by atoms with Gasteiger partial charge in [0, 0.05) is 105 Å². The summed E-state index contributed by atoms with van der Waals surface area (Å²) in [6.07, 6.45) is 30.7. The number of allylic oxidation sites excluding steroid dienone is 4. The van der Waals surface area contributed by atoms with Crippen molar-refractivity contribution in [1.29, 1.82) is 0 Å². The standard InChI is InChI=1S/4C13H9N4.4Ir/c2*1-3-10(12-5-2-6-15-12)7-11(4-1)13-16-8-14-9-17-13;1-2-12(15-7-1)10-3-5-11(6-4-10)13-16-8-14-9-17-13;1-2-5-11(13-16-8-14-9-17-13)10(4-1)12-6-3-7-15-12;;;;/h1-2,4,6-9H,5H2;1-4,6,8-9H,5H2;1,3,5-9H,2H2;1-3,5,7-9H,6H2;;;;/q4*-1;;;;. The predicted octanol–water partition coefficient (Wildman–Crippen LogP) is 8.17. The number of aromatic nitrogens is 12. The maximum atomic E-state index is 4.33. The van der Waals surface area contributed by atoms with E-state index in [4.69, 9.17) is 0 Å². The maximum Gasteiger partial charge on any atom is 0.144 e. The topological polar surface area (TPSA) is 204 Å². The van der Waals surface area contributed by atoms with Gasteiger partial charge in [0.05, 0.1) is 5.82 Å². The molecule has 4 aromatic carbocycles. The van der Waals surface area contributed by atoms with Gasteiger partial charge in [0.2, 0.25) is 0 Å². The molecule has 4 radical (unpaired) electrons. The Morgan fingerprint density at radius 2 is 0.847 bits per heavy atom. The van der Waals surface area contributed by atoms with Gasteiger partial charge < -0.3 is 15.0 Å². The first-order chi connectivity index (χ1) is 33.7. The molecule has 20 heteroatoms. The Morgan fingerprint density at radius 3 is 1.38 bits per heavy atom. The summed E-state index contributed by atoms with van der Waals surface area (Å²) in [4.78, 5) is 65.4. The monoisotopic (exact) mass is 1660 g/mol. The molecule has 8 aromatic rings. The quantitative estimate of drug-likeness (QED) is 0.132. The zero-order chi connectivity index (χ0) is 46.0. The van der Waals surface area contributed by atoms with Crippen molar-refractivity contribution in [3.05, 3.63) is 219 Å². The molecule has 0 unspecified atom stereocenters. The number of hydrogen-bond donors (Lipinski definition) is 0. The molecule has 0 saturated heterocycles. The average Bonchev–Trinajstić information content (AvgIpc) is 4.31. The summed E-state index contributed by atoms with van der Waals surface area (Å²) < 4.78 is 0. The third kappa shape index (κ3) is 15.3.